The molecule has 0 atom stereocenters. The highest BCUT2D eigenvalue weighted by Crippen LogP contribution is 2.32. The lowest BCUT2D eigenvalue weighted by molar-refractivity contribution is 1.62. The van der Waals surface area contributed by atoms with Crippen LogP contribution in [0.2, 0.25) is 0 Å². The molecule has 1 aromatic heterocycles. The summed E-state index contributed by atoms with van der Waals surface area (Å²) >= 11 is 1.80. The van der Waals surface area contributed by atoms with Gasteiger partial charge in [-0.1, -0.05) is 55.1 Å². The van der Waals surface area contributed by atoms with Crippen molar-refractivity contribution in [3.05, 3.63) is 77.7 Å². The second-order valence-electron chi connectivity index (χ2n) is 3.99. The summed E-state index contributed by atoms with van der Waals surface area (Å²) in [6.07, 6.45) is 0. The fourth-order valence-corrected chi connectivity index (χ4v) is 2.97. The maximum atomic E-state index is 4.20. The van der Waals surface area contributed by atoms with Crippen molar-refractivity contribution in [1.82, 2.24) is 0 Å². The molecule has 0 nitrogen and oxygen atoms in total. The molecule has 3 aromatic rings. The molecule has 0 fully saturated rings. The molecular formula is C16H12S. The fourth-order valence-electron chi connectivity index (χ4n) is 1.91. The van der Waals surface area contributed by atoms with Gasteiger partial charge < -0.3 is 0 Å². The summed E-state index contributed by atoms with van der Waals surface area (Å²) in [5.41, 5.74) is 2.30. The third-order valence-corrected chi connectivity index (χ3v) is 4.02. The van der Waals surface area contributed by atoms with E-state index in [1.54, 1.807) is 11.3 Å². The minimum absolute atomic E-state index is 1.10. The highest BCUT2D eigenvalue weighted by molar-refractivity contribution is 7.20. The van der Waals surface area contributed by atoms with E-state index >= 15 is 0 Å². The van der Waals surface area contributed by atoms with Crippen LogP contribution in [0, 0.1) is 0 Å². The molecule has 0 bridgehead atoms. The first-order valence-corrected chi connectivity index (χ1v) is 6.39. The summed E-state index contributed by atoms with van der Waals surface area (Å²) in [6.45, 7) is 4.20. The highest BCUT2D eigenvalue weighted by atomic mass is 32.1. The molecule has 1 heteroatoms. The van der Waals surface area contributed by atoms with Crippen molar-refractivity contribution in [2.75, 3.05) is 0 Å². The van der Waals surface area contributed by atoms with Crippen LogP contribution < -0.4 is 0 Å². The highest BCUT2D eigenvalue weighted by Gasteiger charge is 2.06. The largest absolute Gasteiger partial charge is 0.135 e. The van der Waals surface area contributed by atoms with E-state index < -0.39 is 0 Å². The molecule has 0 aliphatic rings. The SMILES string of the molecule is C=C(c1ccccc1)c1cc2ccccc2s1. The number of rotatable bonds is 2. The number of hydrogen-bond donors (Lipinski definition) is 0. The zero-order valence-corrected chi connectivity index (χ0v) is 10.2. The summed E-state index contributed by atoms with van der Waals surface area (Å²) in [7, 11) is 0. The van der Waals surface area contributed by atoms with Gasteiger partial charge in [0.05, 0.1) is 0 Å². The molecule has 17 heavy (non-hydrogen) atoms. The number of fused-ring (bicyclic) bond motifs is 1. The lowest BCUT2D eigenvalue weighted by Gasteiger charge is -2.01. The van der Waals surface area contributed by atoms with Gasteiger partial charge in [-0.05, 0) is 28.7 Å². The van der Waals surface area contributed by atoms with Crippen LogP contribution in [-0.4, -0.2) is 0 Å². The van der Waals surface area contributed by atoms with Crippen molar-refractivity contribution in [3.8, 4) is 0 Å². The standard InChI is InChI=1S/C16H12S/c1-12(13-7-3-2-4-8-13)16-11-14-9-5-6-10-15(14)17-16/h2-11H,1H2. The summed E-state index contributed by atoms with van der Waals surface area (Å²) in [6, 6.07) is 21.0. The van der Waals surface area contributed by atoms with E-state index in [1.807, 2.05) is 18.2 Å². The topological polar surface area (TPSA) is 0 Å². The first-order chi connectivity index (χ1) is 8.34. The Morgan fingerprint density at radius 3 is 2.35 bits per heavy atom. The molecule has 0 radical (unpaired) electrons. The van der Waals surface area contributed by atoms with Gasteiger partial charge in [0.1, 0.15) is 0 Å². The van der Waals surface area contributed by atoms with E-state index in [2.05, 4.69) is 49.0 Å². The van der Waals surface area contributed by atoms with Crippen LogP contribution in [0.3, 0.4) is 0 Å². The first-order valence-electron chi connectivity index (χ1n) is 5.58. The Bertz CT molecular complexity index is 629. The molecule has 0 amide bonds. The van der Waals surface area contributed by atoms with Gasteiger partial charge in [-0.25, -0.2) is 0 Å². The van der Waals surface area contributed by atoms with Crippen molar-refractivity contribution >= 4 is 27.0 Å². The van der Waals surface area contributed by atoms with Gasteiger partial charge in [0.25, 0.3) is 0 Å². The quantitative estimate of drug-likeness (QED) is 0.589. The Labute approximate surface area is 105 Å². The second kappa shape index (κ2) is 4.19. The van der Waals surface area contributed by atoms with Gasteiger partial charge in [-0.2, -0.15) is 0 Å². The molecule has 2 aromatic carbocycles. The second-order valence-corrected chi connectivity index (χ2v) is 5.08. The van der Waals surface area contributed by atoms with E-state index in [0.717, 1.165) is 5.57 Å². The Kier molecular flexibility index (Phi) is 2.54. The Balaban J connectivity index is 2.07. The van der Waals surface area contributed by atoms with Crippen LogP contribution in [0.5, 0.6) is 0 Å². The molecular weight excluding hydrogens is 224 g/mol. The normalized spacial score (nSPS) is 10.6. The average Bonchev–Trinajstić information content (AvgIpc) is 2.82. The zero-order valence-electron chi connectivity index (χ0n) is 9.39. The van der Waals surface area contributed by atoms with Gasteiger partial charge in [-0.3, -0.25) is 0 Å². The van der Waals surface area contributed by atoms with Crippen LogP contribution in [-0.2, 0) is 0 Å². The lowest BCUT2D eigenvalue weighted by atomic mass is 10.1. The van der Waals surface area contributed by atoms with E-state index in [1.165, 1.54) is 20.5 Å². The predicted octanol–water partition coefficient (Wildman–Crippen LogP) is 4.96. The minimum atomic E-state index is 1.10. The van der Waals surface area contributed by atoms with E-state index in [0.29, 0.717) is 0 Å². The summed E-state index contributed by atoms with van der Waals surface area (Å²) in [4.78, 5) is 1.25. The van der Waals surface area contributed by atoms with Crippen molar-refractivity contribution < 1.29 is 0 Å². The van der Waals surface area contributed by atoms with Crippen molar-refractivity contribution in [2.24, 2.45) is 0 Å². The molecule has 1 heterocycles. The number of benzene rings is 2. The third-order valence-electron chi connectivity index (χ3n) is 2.85. The maximum absolute atomic E-state index is 4.20. The van der Waals surface area contributed by atoms with Crippen molar-refractivity contribution in [2.45, 2.75) is 0 Å². The summed E-state index contributed by atoms with van der Waals surface area (Å²) < 4.78 is 1.32. The van der Waals surface area contributed by atoms with Gasteiger partial charge in [0, 0.05) is 9.58 Å². The van der Waals surface area contributed by atoms with E-state index in [4.69, 9.17) is 0 Å². The van der Waals surface area contributed by atoms with Crippen LogP contribution in [0.25, 0.3) is 15.7 Å². The van der Waals surface area contributed by atoms with Crippen LogP contribution in [0.15, 0.2) is 67.2 Å². The summed E-state index contributed by atoms with van der Waals surface area (Å²) in [5.74, 6) is 0. The molecule has 0 saturated heterocycles. The van der Waals surface area contributed by atoms with Crippen molar-refractivity contribution in [1.29, 1.82) is 0 Å². The summed E-state index contributed by atoms with van der Waals surface area (Å²) in [5, 5.41) is 1.30. The van der Waals surface area contributed by atoms with Gasteiger partial charge in [0.2, 0.25) is 0 Å². The molecule has 0 unspecified atom stereocenters. The average molecular weight is 236 g/mol. The van der Waals surface area contributed by atoms with E-state index in [9.17, 15) is 0 Å². The number of hydrogen-bond acceptors (Lipinski definition) is 1. The molecule has 3 rings (SSSR count). The monoisotopic (exact) mass is 236 g/mol. The predicted molar refractivity (Wildman–Crippen MR) is 76.4 cm³/mol. The molecule has 82 valence electrons. The van der Waals surface area contributed by atoms with Crippen molar-refractivity contribution in [3.63, 3.8) is 0 Å². The molecule has 0 aliphatic heterocycles. The molecule has 0 spiro atoms. The van der Waals surface area contributed by atoms with Gasteiger partial charge in [0.15, 0.2) is 0 Å². The van der Waals surface area contributed by atoms with Crippen LogP contribution in [0.4, 0.5) is 0 Å². The molecule has 0 aliphatic carbocycles. The zero-order chi connectivity index (χ0) is 11.7. The first kappa shape index (κ1) is 10.3. The van der Waals surface area contributed by atoms with Gasteiger partial charge in [-0.15, -0.1) is 11.3 Å². The Morgan fingerprint density at radius 2 is 1.59 bits per heavy atom. The lowest BCUT2D eigenvalue weighted by Crippen LogP contribution is -1.80. The van der Waals surface area contributed by atoms with E-state index in [-0.39, 0.29) is 0 Å². The van der Waals surface area contributed by atoms with Crippen LogP contribution in [0.1, 0.15) is 10.4 Å². The molecule has 0 saturated carbocycles. The van der Waals surface area contributed by atoms with Crippen LogP contribution >= 0.6 is 11.3 Å². The van der Waals surface area contributed by atoms with Gasteiger partial charge >= 0.3 is 0 Å². The minimum Gasteiger partial charge on any atom is -0.135 e. The number of thiophene rings is 1. The Morgan fingerprint density at radius 1 is 0.882 bits per heavy atom. The fraction of sp³-hybridized carbons (Fsp3) is 0. The third kappa shape index (κ3) is 1.90. The maximum Gasteiger partial charge on any atom is 0.0355 e. The molecule has 0 N–H and O–H groups in total. The Hall–Kier alpha value is -1.86. The smallest absolute Gasteiger partial charge is 0.0355 e.